The predicted molar refractivity (Wildman–Crippen MR) is 70.2 cm³/mol. The molecular formula is C15H19NO. The summed E-state index contributed by atoms with van der Waals surface area (Å²) >= 11 is 0. The number of hydrogen-bond acceptors (Lipinski definition) is 2. The lowest BCUT2D eigenvalue weighted by Gasteiger charge is -2.20. The minimum Gasteiger partial charge on any atom is -0.497 e. The van der Waals surface area contributed by atoms with Gasteiger partial charge < -0.3 is 9.64 Å². The zero-order valence-corrected chi connectivity index (χ0v) is 10.6. The lowest BCUT2D eigenvalue weighted by atomic mass is 10.0. The zero-order chi connectivity index (χ0) is 11.8. The molecule has 1 saturated heterocycles. The predicted octanol–water partition coefficient (Wildman–Crippen LogP) is 3.25. The summed E-state index contributed by atoms with van der Waals surface area (Å²) in [4.78, 5) is 2.52. The molecule has 1 unspecified atom stereocenters. The van der Waals surface area contributed by atoms with E-state index in [1.807, 2.05) is 0 Å². The number of hydrogen-bond donors (Lipinski definition) is 0. The van der Waals surface area contributed by atoms with Gasteiger partial charge in [-0.1, -0.05) is 19.1 Å². The Labute approximate surface area is 103 Å². The summed E-state index contributed by atoms with van der Waals surface area (Å²) in [6.07, 6.45) is 5.05. The van der Waals surface area contributed by atoms with Gasteiger partial charge in [0.1, 0.15) is 5.75 Å². The highest BCUT2D eigenvalue weighted by Gasteiger charge is 2.26. The first-order chi connectivity index (χ1) is 8.29. The first-order valence-corrected chi connectivity index (χ1v) is 6.44. The number of benzene rings is 1. The molecule has 1 atom stereocenters. The Kier molecular flexibility index (Phi) is 2.58. The molecule has 0 amide bonds. The minimum absolute atomic E-state index is 0.534. The van der Waals surface area contributed by atoms with E-state index in [4.69, 9.17) is 4.74 Å². The zero-order valence-electron chi connectivity index (χ0n) is 10.6. The van der Waals surface area contributed by atoms with Crippen molar-refractivity contribution in [2.75, 3.05) is 20.2 Å². The van der Waals surface area contributed by atoms with Gasteiger partial charge in [-0.25, -0.2) is 0 Å². The van der Waals surface area contributed by atoms with Crippen molar-refractivity contribution in [3.8, 4) is 5.75 Å². The molecule has 17 heavy (non-hydrogen) atoms. The number of ether oxygens (including phenoxy) is 1. The van der Waals surface area contributed by atoms with Crippen LogP contribution in [0.5, 0.6) is 5.75 Å². The van der Waals surface area contributed by atoms with E-state index in [2.05, 4.69) is 36.1 Å². The highest BCUT2D eigenvalue weighted by molar-refractivity contribution is 5.74. The molecule has 0 N–H and O–H groups in total. The van der Waals surface area contributed by atoms with Crippen LogP contribution < -0.4 is 4.74 Å². The second kappa shape index (κ2) is 4.10. The first-order valence-electron chi connectivity index (χ1n) is 6.44. The molecule has 3 rings (SSSR count). The van der Waals surface area contributed by atoms with E-state index in [0.29, 0.717) is 5.92 Å². The van der Waals surface area contributed by atoms with E-state index in [1.54, 1.807) is 7.11 Å². The van der Waals surface area contributed by atoms with Crippen molar-refractivity contribution >= 4 is 5.70 Å². The molecule has 2 nitrogen and oxygen atoms in total. The van der Waals surface area contributed by atoms with Gasteiger partial charge in [0.25, 0.3) is 0 Å². The van der Waals surface area contributed by atoms with Gasteiger partial charge in [0, 0.05) is 30.3 Å². The van der Waals surface area contributed by atoms with Crippen LogP contribution in [-0.4, -0.2) is 25.1 Å². The molecular weight excluding hydrogens is 210 g/mol. The van der Waals surface area contributed by atoms with Crippen LogP contribution in [0.4, 0.5) is 0 Å². The van der Waals surface area contributed by atoms with Crippen molar-refractivity contribution in [3.63, 3.8) is 0 Å². The van der Waals surface area contributed by atoms with E-state index in [-0.39, 0.29) is 0 Å². The third-order valence-electron chi connectivity index (χ3n) is 3.88. The Morgan fingerprint density at radius 1 is 1.24 bits per heavy atom. The molecule has 1 aliphatic carbocycles. The van der Waals surface area contributed by atoms with E-state index < -0.39 is 0 Å². The minimum atomic E-state index is 0.534. The normalized spacial score (nSPS) is 22.6. The maximum atomic E-state index is 5.34. The molecule has 1 aromatic carbocycles. The van der Waals surface area contributed by atoms with Gasteiger partial charge in [-0.05, 0) is 30.5 Å². The quantitative estimate of drug-likeness (QED) is 0.772. The summed E-state index contributed by atoms with van der Waals surface area (Å²) in [6, 6.07) is 6.46. The van der Waals surface area contributed by atoms with Crippen molar-refractivity contribution in [2.24, 2.45) is 0 Å². The van der Waals surface area contributed by atoms with E-state index in [1.165, 1.54) is 42.8 Å². The summed E-state index contributed by atoms with van der Waals surface area (Å²) in [5.74, 6) is 1.49. The monoisotopic (exact) mass is 229 g/mol. The Morgan fingerprint density at radius 3 is 2.71 bits per heavy atom. The second-order valence-corrected chi connectivity index (χ2v) is 4.99. The average molecular weight is 229 g/mol. The molecule has 1 heterocycles. The van der Waals surface area contributed by atoms with Gasteiger partial charge in [0.05, 0.1) is 7.11 Å². The molecule has 1 fully saturated rings. The molecule has 0 radical (unpaired) electrons. The Hall–Kier alpha value is -1.44. The van der Waals surface area contributed by atoms with Gasteiger partial charge in [-0.3, -0.25) is 0 Å². The third-order valence-corrected chi connectivity index (χ3v) is 3.88. The van der Waals surface area contributed by atoms with Crippen LogP contribution in [0, 0.1) is 0 Å². The highest BCUT2D eigenvalue weighted by atomic mass is 16.5. The summed E-state index contributed by atoms with van der Waals surface area (Å²) in [5.41, 5.74) is 4.23. The fraction of sp³-hybridized carbons (Fsp3) is 0.467. The van der Waals surface area contributed by atoms with Crippen LogP contribution in [0.25, 0.3) is 5.70 Å². The molecule has 0 bridgehead atoms. The molecule has 0 saturated carbocycles. The SMILES string of the molecule is COc1ccc2c(c1)C(N1CCCC1)=CC2C. The third kappa shape index (κ3) is 1.72. The summed E-state index contributed by atoms with van der Waals surface area (Å²) in [7, 11) is 1.74. The highest BCUT2D eigenvalue weighted by Crippen LogP contribution is 2.40. The fourth-order valence-electron chi connectivity index (χ4n) is 2.93. The lowest BCUT2D eigenvalue weighted by Crippen LogP contribution is -2.16. The van der Waals surface area contributed by atoms with Gasteiger partial charge in [-0.2, -0.15) is 0 Å². The van der Waals surface area contributed by atoms with E-state index >= 15 is 0 Å². The Bertz CT molecular complexity index is 458. The fourth-order valence-corrected chi connectivity index (χ4v) is 2.93. The average Bonchev–Trinajstić information content (AvgIpc) is 2.97. The Morgan fingerprint density at radius 2 is 2.00 bits per heavy atom. The van der Waals surface area contributed by atoms with E-state index in [0.717, 1.165) is 5.75 Å². The second-order valence-electron chi connectivity index (χ2n) is 4.99. The van der Waals surface area contributed by atoms with Gasteiger partial charge in [0.15, 0.2) is 0 Å². The van der Waals surface area contributed by atoms with Crippen molar-refractivity contribution in [3.05, 3.63) is 35.4 Å². The number of nitrogens with zero attached hydrogens (tertiary/aromatic N) is 1. The number of allylic oxidation sites excluding steroid dienone is 1. The van der Waals surface area contributed by atoms with Crippen molar-refractivity contribution in [1.29, 1.82) is 0 Å². The molecule has 0 aromatic heterocycles. The number of methoxy groups -OCH3 is 1. The first kappa shape index (κ1) is 10.7. The van der Waals surface area contributed by atoms with Crippen LogP contribution >= 0.6 is 0 Å². The maximum absolute atomic E-state index is 5.34. The molecule has 0 spiro atoms. The van der Waals surface area contributed by atoms with Crippen LogP contribution in [0.2, 0.25) is 0 Å². The van der Waals surface area contributed by atoms with E-state index in [9.17, 15) is 0 Å². The number of fused-ring (bicyclic) bond motifs is 1. The van der Waals surface area contributed by atoms with Crippen LogP contribution in [0.3, 0.4) is 0 Å². The number of rotatable bonds is 2. The standard InChI is InChI=1S/C15H19NO/c1-11-9-15(16-7-3-4-8-16)14-10-12(17-2)5-6-13(11)14/h5-6,9-11H,3-4,7-8H2,1-2H3. The maximum Gasteiger partial charge on any atom is 0.119 e. The van der Waals surface area contributed by atoms with Crippen LogP contribution in [0.15, 0.2) is 24.3 Å². The summed E-state index contributed by atoms with van der Waals surface area (Å²) < 4.78 is 5.34. The van der Waals surface area contributed by atoms with Gasteiger partial charge in [0.2, 0.25) is 0 Å². The molecule has 1 aromatic rings. The molecule has 2 heteroatoms. The smallest absolute Gasteiger partial charge is 0.119 e. The van der Waals surface area contributed by atoms with Gasteiger partial charge >= 0.3 is 0 Å². The Balaban J connectivity index is 2.01. The van der Waals surface area contributed by atoms with Crippen LogP contribution in [-0.2, 0) is 0 Å². The van der Waals surface area contributed by atoms with Gasteiger partial charge in [-0.15, -0.1) is 0 Å². The summed E-state index contributed by atoms with van der Waals surface area (Å²) in [6.45, 7) is 4.68. The molecule has 1 aliphatic heterocycles. The topological polar surface area (TPSA) is 12.5 Å². The lowest BCUT2D eigenvalue weighted by molar-refractivity contribution is 0.414. The summed E-state index contributed by atoms with van der Waals surface area (Å²) in [5, 5.41) is 0. The molecule has 90 valence electrons. The van der Waals surface area contributed by atoms with Crippen molar-refractivity contribution in [2.45, 2.75) is 25.7 Å². The molecule has 2 aliphatic rings. The van der Waals surface area contributed by atoms with Crippen molar-refractivity contribution in [1.82, 2.24) is 4.90 Å². The number of likely N-dealkylation sites (tertiary alicyclic amines) is 1. The van der Waals surface area contributed by atoms with Crippen molar-refractivity contribution < 1.29 is 4.74 Å². The van der Waals surface area contributed by atoms with Crippen LogP contribution in [0.1, 0.15) is 36.8 Å². The largest absolute Gasteiger partial charge is 0.497 e.